The van der Waals surface area contributed by atoms with E-state index < -0.39 is 0 Å². The highest BCUT2D eigenvalue weighted by atomic mass is 16.3. The molecule has 0 aliphatic heterocycles. The van der Waals surface area contributed by atoms with Crippen molar-refractivity contribution in [3.8, 4) is 0 Å². The molecule has 2 aromatic rings. The van der Waals surface area contributed by atoms with Gasteiger partial charge in [0.15, 0.2) is 0 Å². The van der Waals surface area contributed by atoms with Crippen LogP contribution in [0, 0.1) is 19.3 Å². The van der Waals surface area contributed by atoms with Gasteiger partial charge in [0.25, 0.3) is 5.91 Å². The van der Waals surface area contributed by atoms with Gasteiger partial charge in [0.2, 0.25) is 0 Å². The molecule has 0 fully saturated rings. The minimum atomic E-state index is -0.241. The summed E-state index contributed by atoms with van der Waals surface area (Å²) < 4.78 is 2.11. The minimum absolute atomic E-state index is 0.0823. The van der Waals surface area contributed by atoms with Crippen molar-refractivity contribution in [1.29, 1.82) is 0 Å². The third-order valence-electron chi connectivity index (χ3n) is 5.32. The van der Waals surface area contributed by atoms with Gasteiger partial charge in [-0.1, -0.05) is 19.9 Å². The molecule has 5 heteroatoms. The highest BCUT2D eigenvalue weighted by Crippen LogP contribution is 2.25. The van der Waals surface area contributed by atoms with Crippen molar-refractivity contribution in [2.24, 2.45) is 5.41 Å². The fourth-order valence-electron chi connectivity index (χ4n) is 3.07. The Morgan fingerprint density at radius 2 is 2.00 bits per heavy atom. The molecule has 136 valence electrons. The third-order valence-corrected chi connectivity index (χ3v) is 5.32. The van der Waals surface area contributed by atoms with E-state index in [0.717, 1.165) is 29.9 Å². The molecule has 0 saturated heterocycles. The van der Waals surface area contributed by atoms with Crippen molar-refractivity contribution in [3.05, 3.63) is 53.1 Å². The van der Waals surface area contributed by atoms with E-state index in [1.807, 2.05) is 52.0 Å². The number of aromatic nitrogens is 2. The first-order valence-electron chi connectivity index (χ1n) is 8.92. The Bertz CT molecular complexity index is 695. The topological polar surface area (TPSA) is 67.2 Å². The van der Waals surface area contributed by atoms with Gasteiger partial charge in [0.05, 0.1) is 24.4 Å². The van der Waals surface area contributed by atoms with Crippen LogP contribution < -0.4 is 5.32 Å². The molecule has 0 spiro atoms. The SMILES string of the molecule is CCC(CC)(CO)CNC(=O)c1cc(C)n(Cc2ccccn2)c1C. The average Bonchev–Trinajstić information content (AvgIpc) is 2.92. The lowest BCUT2D eigenvalue weighted by Gasteiger charge is -2.29. The summed E-state index contributed by atoms with van der Waals surface area (Å²) in [6.45, 7) is 9.27. The zero-order valence-electron chi connectivity index (χ0n) is 15.7. The Balaban J connectivity index is 2.15. The Morgan fingerprint density at radius 1 is 1.28 bits per heavy atom. The summed E-state index contributed by atoms with van der Waals surface area (Å²) in [5.41, 5.74) is 3.38. The Hall–Kier alpha value is -2.14. The zero-order chi connectivity index (χ0) is 18.4. The lowest BCUT2D eigenvalue weighted by atomic mass is 9.83. The second-order valence-corrected chi connectivity index (χ2v) is 6.74. The fourth-order valence-corrected chi connectivity index (χ4v) is 3.07. The molecule has 2 heterocycles. The molecule has 0 unspecified atom stereocenters. The van der Waals surface area contributed by atoms with Gasteiger partial charge >= 0.3 is 0 Å². The van der Waals surface area contributed by atoms with E-state index >= 15 is 0 Å². The summed E-state index contributed by atoms with van der Waals surface area (Å²) in [7, 11) is 0. The van der Waals surface area contributed by atoms with Crippen LogP contribution in [0.2, 0.25) is 0 Å². The number of aliphatic hydroxyl groups is 1. The van der Waals surface area contributed by atoms with Crippen molar-refractivity contribution in [2.45, 2.75) is 47.1 Å². The highest BCUT2D eigenvalue weighted by Gasteiger charge is 2.26. The smallest absolute Gasteiger partial charge is 0.253 e. The van der Waals surface area contributed by atoms with Crippen molar-refractivity contribution < 1.29 is 9.90 Å². The number of pyridine rings is 1. The minimum Gasteiger partial charge on any atom is -0.396 e. The van der Waals surface area contributed by atoms with Gasteiger partial charge in [-0.05, 0) is 44.9 Å². The van der Waals surface area contributed by atoms with Crippen LogP contribution in [0.15, 0.2) is 30.5 Å². The molecule has 25 heavy (non-hydrogen) atoms. The van der Waals surface area contributed by atoms with Gasteiger partial charge in [0, 0.05) is 29.5 Å². The first kappa shape index (κ1) is 19.2. The van der Waals surface area contributed by atoms with Crippen LogP contribution in [0.3, 0.4) is 0 Å². The molecule has 1 amide bonds. The van der Waals surface area contributed by atoms with Crippen molar-refractivity contribution in [1.82, 2.24) is 14.9 Å². The number of amides is 1. The molecule has 0 aliphatic carbocycles. The highest BCUT2D eigenvalue weighted by molar-refractivity contribution is 5.95. The van der Waals surface area contributed by atoms with Crippen LogP contribution in [0.1, 0.15) is 54.1 Å². The summed E-state index contributed by atoms with van der Waals surface area (Å²) >= 11 is 0. The quantitative estimate of drug-likeness (QED) is 0.774. The number of aryl methyl sites for hydroxylation is 1. The summed E-state index contributed by atoms with van der Waals surface area (Å²) in [6.07, 6.45) is 3.44. The number of nitrogens with one attached hydrogen (secondary N) is 1. The standard InChI is InChI=1S/C20H29N3O2/c1-5-20(6-2,14-24)13-22-19(25)18-11-15(3)23(16(18)4)12-17-9-7-8-10-21-17/h7-11,24H,5-6,12-14H2,1-4H3,(H,22,25). The summed E-state index contributed by atoms with van der Waals surface area (Å²) in [5.74, 6) is -0.0832. The number of carbonyl (C=O) groups is 1. The first-order valence-corrected chi connectivity index (χ1v) is 8.92. The molecule has 2 aromatic heterocycles. The van der Waals surface area contributed by atoms with Crippen molar-refractivity contribution in [3.63, 3.8) is 0 Å². The second kappa shape index (κ2) is 8.30. The van der Waals surface area contributed by atoms with Crippen LogP contribution in [0.25, 0.3) is 0 Å². The lowest BCUT2D eigenvalue weighted by Crippen LogP contribution is -2.39. The number of aliphatic hydroxyl groups excluding tert-OH is 1. The van der Waals surface area contributed by atoms with E-state index in [4.69, 9.17) is 0 Å². The molecule has 5 nitrogen and oxygen atoms in total. The number of hydrogen-bond donors (Lipinski definition) is 2. The van der Waals surface area contributed by atoms with E-state index in [1.165, 1.54) is 0 Å². The first-order chi connectivity index (χ1) is 12.0. The number of carbonyl (C=O) groups excluding carboxylic acids is 1. The Morgan fingerprint density at radius 3 is 2.56 bits per heavy atom. The maximum Gasteiger partial charge on any atom is 0.253 e. The van der Waals surface area contributed by atoms with Gasteiger partial charge in [-0.3, -0.25) is 9.78 Å². The number of rotatable bonds is 8. The van der Waals surface area contributed by atoms with Gasteiger partial charge in [-0.15, -0.1) is 0 Å². The molecule has 2 rings (SSSR count). The molecule has 0 aromatic carbocycles. The summed E-state index contributed by atoms with van der Waals surface area (Å²) in [6, 6.07) is 7.77. The van der Waals surface area contributed by atoms with Crippen LogP contribution in [-0.4, -0.2) is 33.7 Å². The van der Waals surface area contributed by atoms with Crippen LogP contribution >= 0.6 is 0 Å². The molecular weight excluding hydrogens is 314 g/mol. The predicted molar refractivity (Wildman–Crippen MR) is 99.7 cm³/mol. The maximum absolute atomic E-state index is 12.7. The van der Waals surface area contributed by atoms with Crippen LogP contribution in [-0.2, 0) is 6.54 Å². The molecule has 0 atom stereocenters. The molecule has 0 saturated carbocycles. The van der Waals surface area contributed by atoms with Crippen LogP contribution in [0.5, 0.6) is 0 Å². The Kier molecular flexibility index (Phi) is 6.37. The molecule has 0 bridgehead atoms. The van der Waals surface area contributed by atoms with E-state index in [1.54, 1.807) is 6.20 Å². The normalized spacial score (nSPS) is 11.6. The van der Waals surface area contributed by atoms with E-state index in [-0.39, 0.29) is 17.9 Å². The van der Waals surface area contributed by atoms with E-state index in [9.17, 15) is 9.90 Å². The zero-order valence-corrected chi connectivity index (χ0v) is 15.7. The largest absolute Gasteiger partial charge is 0.396 e. The van der Waals surface area contributed by atoms with Crippen molar-refractivity contribution >= 4 is 5.91 Å². The maximum atomic E-state index is 12.7. The van der Waals surface area contributed by atoms with E-state index in [2.05, 4.69) is 14.9 Å². The summed E-state index contributed by atoms with van der Waals surface area (Å²) in [5, 5.41) is 12.7. The monoisotopic (exact) mass is 343 g/mol. The molecular formula is C20H29N3O2. The fraction of sp³-hybridized carbons (Fsp3) is 0.500. The molecule has 2 N–H and O–H groups in total. The number of hydrogen-bond acceptors (Lipinski definition) is 3. The van der Waals surface area contributed by atoms with Gasteiger partial charge in [-0.2, -0.15) is 0 Å². The number of nitrogens with zero attached hydrogens (tertiary/aromatic N) is 2. The van der Waals surface area contributed by atoms with Gasteiger partial charge in [0.1, 0.15) is 0 Å². The summed E-state index contributed by atoms with van der Waals surface area (Å²) in [4.78, 5) is 17.0. The van der Waals surface area contributed by atoms with Crippen molar-refractivity contribution in [2.75, 3.05) is 13.2 Å². The molecule has 0 aliphatic rings. The average molecular weight is 343 g/mol. The van der Waals surface area contributed by atoms with Gasteiger partial charge in [-0.25, -0.2) is 0 Å². The van der Waals surface area contributed by atoms with Gasteiger partial charge < -0.3 is 15.0 Å². The third kappa shape index (κ3) is 4.28. The lowest BCUT2D eigenvalue weighted by molar-refractivity contribution is 0.0850. The van der Waals surface area contributed by atoms with E-state index in [0.29, 0.717) is 18.7 Å². The second-order valence-electron chi connectivity index (χ2n) is 6.74. The van der Waals surface area contributed by atoms with Crippen LogP contribution in [0.4, 0.5) is 0 Å². The Labute approximate surface area is 150 Å². The predicted octanol–water partition coefficient (Wildman–Crippen LogP) is 3.08. The molecule has 0 radical (unpaired) electrons.